The summed E-state index contributed by atoms with van der Waals surface area (Å²) in [6.07, 6.45) is 1.71. The second-order valence-electron chi connectivity index (χ2n) is 3.99. The highest BCUT2D eigenvalue weighted by Gasteiger charge is 2.22. The highest BCUT2D eigenvalue weighted by atomic mass is 16.4. The zero-order valence-corrected chi connectivity index (χ0v) is 9.66. The number of nitrogens with one attached hydrogen (secondary N) is 3. The first kappa shape index (κ1) is 13.4. The summed E-state index contributed by atoms with van der Waals surface area (Å²) in [5, 5.41) is 16.3. The summed E-state index contributed by atoms with van der Waals surface area (Å²) in [6.45, 7) is 1.97. The molecular formula is C10H17N3O4. The van der Waals surface area contributed by atoms with E-state index in [0.717, 1.165) is 19.4 Å². The molecule has 7 nitrogen and oxygen atoms in total. The molecule has 96 valence electrons. The van der Waals surface area contributed by atoms with Crippen molar-refractivity contribution in [3.8, 4) is 0 Å². The Morgan fingerprint density at radius 1 is 1.47 bits per heavy atom. The number of aliphatic carboxylic acids is 1. The van der Waals surface area contributed by atoms with Crippen LogP contribution in [0.3, 0.4) is 0 Å². The van der Waals surface area contributed by atoms with E-state index in [2.05, 4.69) is 16.0 Å². The largest absolute Gasteiger partial charge is 0.480 e. The summed E-state index contributed by atoms with van der Waals surface area (Å²) in [5.41, 5.74) is 0. The number of carboxylic acid groups (broad SMARTS) is 1. The fourth-order valence-electron chi connectivity index (χ4n) is 1.55. The van der Waals surface area contributed by atoms with E-state index in [-0.39, 0.29) is 18.5 Å². The fraction of sp³-hybridized carbons (Fsp3) is 0.700. The van der Waals surface area contributed by atoms with Crippen LogP contribution in [-0.4, -0.2) is 48.1 Å². The highest BCUT2D eigenvalue weighted by molar-refractivity contribution is 5.89. The lowest BCUT2D eigenvalue weighted by Crippen LogP contribution is -2.47. The van der Waals surface area contributed by atoms with Crippen LogP contribution in [0.2, 0.25) is 0 Å². The standard InChI is InChI=1S/C10H17N3O4/c1-6(10(16)17)13-8(14)5-12-9(15)7-3-2-4-11-7/h6-7,11H,2-5H2,1H3,(H,12,15)(H,13,14)(H,16,17)/t6-,7-/m0/s1. The van der Waals surface area contributed by atoms with Gasteiger partial charge in [-0.15, -0.1) is 0 Å². The molecule has 1 saturated heterocycles. The zero-order chi connectivity index (χ0) is 12.8. The quantitative estimate of drug-likeness (QED) is 0.467. The van der Waals surface area contributed by atoms with Gasteiger partial charge in [0.05, 0.1) is 12.6 Å². The molecule has 1 heterocycles. The number of carbonyl (C=O) groups is 3. The van der Waals surface area contributed by atoms with E-state index in [1.54, 1.807) is 0 Å². The van der Waals surface area contributed by atoms with Gasteiger partial charge in [-0.05, 0) is 26.3 Å². The number of hydrogen-bond donors (Lipinski definition) is 4. The Labute approximate surface area is 98.9 Å². The molecule has 1 aliphatic rings. The lowest BCUT2D eigenvalue weighted by atomic mass is 10.2. The van der Waals surface area contributed by atoms with Crippen molar-refractivity contribution in [3.63, 3.8) is 0 Å². The van der Waals surface area contributed by atoms with Gasteiger partial charge in [0.2, 0.25) is 11.8 Å². The topological polar surface area (TPSA) is 108 Å². The summed E-state index contributed by atoms with van der Waals surface area (Å²) in [5.74, 6) is -1.84. The van der Waals surface area contributed by atoms with Gasteiger partial charge >= 0.3 is 5.97 Å². The molecule has 0 bridgehead atoms. The molecule has 4 N–H and O–H groups in total. The summed E-state index contributed by atoms with van der Waals surface area (Å²) < 4.78 is 0. The number of carbonyl (C=O) groups excluding carboxylic acids is 2. The maximum absolute atomic E-state index is 11.5. The van der Waals surface area contributed by atoms with E-state index in [0.29, 0.717) is 0 Å². The van der Waals surface area contributed by atoms with Crippen molar-refractivity contribution in [2.75, 3.05) is 13.1 Å². The van der Waals surface area contributed by atoms with Crippen LogP contribution in [0.15, 0.2) is 0 Å². The van der Waals surface area contributed by atoms with Gasteiger partial charge in [-0.3, -0.25) is 14.4 Å². The van der Waals surface area contributed by atoms with Crippen LogP contribution in [0.25, 0.3) is 0 Å². The van der Waals surface area contributed by atoms with Crippen molar-refractivity contribution in [2.45, 2.75) is 31.8 Å². The minimum atomic E-state index is -1.11. The van der Waals surface area contributed by atoms with E-state index in [1.165, 1.54) is 6.92 Å². The van der Waals surface area contributed by atoms with Crippen LogP contribution < -0.4 is 16.0 Å². The molecular weight excluding hydrogens is 226 g/mol. The second-order valence-corrected chi connectivity index (χ2v) is 3.99. The van der Waals surface area contributed by atoms with Crippen LogP contribution in [0.4, 0.5) is 0 Å². The molecule has 2 atom stereocenters. The van der Waals surface area contributed by atoms with Crippen molar-refractivity contribution >= 4 is 17.8 Å². The van der Waals surface area contributed by atoms with Gasteiger partial charge in [0.1, 0.15) is 6.04 Å². The molecule has 0 aromatic rings. The van der Waals surface area contributed by atoms with Crippen LogP contribution in [-0.2, 0) is 14.4 Å². The minimum Gasteiger partial charge on any atom is -0.480 e. The molecule has 1 rings (SSSR count). The molecule has 1 fully saturated rings. The minimum absolute atomic E-state index is 0.200. The van der Waals surface area contributed by atoms with E-state index in [4.69, 9.17) is 5.11 Å². The van der Waals surface area contributed by atoms with Gasteiger partial charge in [0.15, 0.2) is 0 Å². The molecule has 7 heteroatoms. The Morgan fingerprint density at radius 2 is 2.18 bits per heavy atom. The summed E-state index contributed by atoms with van der Waals surface area (Å²) in [4.78, 5) is 33.2. The van der Waals surface area contributed by atoms with Gasteiger partial charge in [0, 0.05) is 0 Å². The lowest BCUT2D eigenvalue weighted by molar-refractivity contribution is -0.141. The van der Waals surface area contributed by atoms with Crippen molar-refractivity contribution in [1.82, 2.24) is 16.0 Å². The lowest BCUT2D eigenvalue weighted by Gasteiger charge is -2.12. The van der Waals surface area contributed by atoms with Crippen molar-refractivity contribution < 1.29 is 19.5 Å². The molecule has 0 spiro atoms. The van der Waals surface area contributed by atoms with E-state index in [9.17, 15) is 14.4 Å². The van der Waals surface area contributed by atoms with Gasteiger partial charge in [-0.2, -0.15) is 0 Å². The van der Waals surface area contributed by atoms with Crippen molar-refractivity contribution in [2.24, 2.45) is 0 Å². The molecule has 0 radical (unpaired) electrons. The van der Waals surface area contributed by atoms with E-state index < -0.39 is 17.9 Å². The van der Waals surface area contributed by atoms with Gasteiger partial charge < -0.3 is 21.1 Å². The molecule has 0 aromatic heterocycles. The van der Waals surface area contributed by atoms with E-state index in [1.807, 2.05) is 0 Å². The van der Waals surface area contributed by atoms with Crippen LogP contribution >= 0.6 is 0 Å². The smallest absolute Gasteiger partial charge is 0.325 e. The number of amides is 2. The maximum atomic E-state index is 11.5. The maximum Gasteiger partial charge on any atom is 0.325 e. The van der Waals surface area contributed by atoms with E-state index >= 15 is 0 Å². The Hall–Kier alpha value is -1.63. The van der Waals surface area contributed by atoms with Gasteiger partial charge in [-0.25, -0.2) is 0 Å². The Balaban J connectivity index is 2.23. The van der Waals surface area contributed by atoms with Crippen molar-refractivity contribution in [3.05, 3.63) is 0 Å². The predicted octanol–water partition coefficient (Wildman–Crippen LogP) is -1.56. The van der Waals surface area contributed by atoms with Crippen molar-refractivity contribution in [1.29, 1.82) is 0 Å². The first-order valence-corrected chi connectivity index (χ1v) is 5.54. The average Bonchev–Trinajstić information content (AvgIpc) is 2.79. The molecule has 1 aliphatic heterocycles. The summed E-state index contributed by atoms with van der Waals surface area (Å²) in [6, 6.07) is -1.19. The molecule has 0 unspecified atom stereocenters. The molecule has 17 heavy (non-hydrogen) atoms. The Morgan fingerprint density at radius 3 is 2.71 bits per heavy atom. The van der Waals surface area contributed by atoms with Gasteiger partial charge in [0.25, 0.3) is 0 Å². The van der Waals surface area contributed by atoms with Gasteiger partial charge in [-0.1, -0.05) is 0 Å². The number of hydrogen-bond acceptors (Lipinski definition) is 4. The summed E-state index contributed by atoms with van der Waals surface area (Å²) >= 11 is 0. The molecule has 0 aliphatic carbocycles. The normalized spacial score (nSPS) is 20.6. The zero-order valence-electron chi connectivity index (χ0n) is 9.66. The fourth-order valence-corrected chi connectivity index (χ4v) is 1.55. The molecule has 0 aromatic carbocycles. The molecule has 2 amide bonds. The first-order valence-electron chi connectivity index (χ1n) is 5.54. The van der Waals surface area contributed by atoms with Crippen LogP contribution in [0, 0.1) is 0 Å². The summed E-state index contributed by atoms with van der Waals surface area (Å²) in [7, 11) is 0. The number of carboxylic acids is 1. The molecule has 0 saturated carbocycles. The van der Waals surface area contributed by atoms with Crippen LogP contribution in [0.1, 0.15) is 19.8 Å². The second kappa shape index (κ2) is 6.19. The Kier molecular flexibility index (Phi) is 4.89. The third-order valence-corrected chi connectivity index (χ3v) is 2.55. The highest BCUT2D eigenvalue weighted by Crippen LogP contribution is 2.03. The SMILES string of the molecule is C[C@H](NC(=O)CNC(=O)[C@@H]1CCCN1)C(=O)O. The third-order valence-electron chi connectivity index (χ3n) is 2.55. The van der Waals surface area contributed by atoms with Crippen LogP contribution in [0.5, 0.6) is 0 Å². The first-order chi connectivity index (χ1) is 8.00. The number of rotatable bonds is 5. The monoisotopic (exact) mass is 243 g/mol. The average molecular weight is 243 g/mol. The third kappa shape index (κ3) is 4.39. The Bertz CT molecular complexity index is 313. The predicted molar refractivity (Wildman–Crippen MR) is 59.3 cm³/mol.